The second-order valence-corrected chi connectivity index (χ2v) is 18.9. The number of thioether (sulfide) groups is 1. The van der Waals surface area contributed by atoms with Crippen molar-refractivity contribution < 1.29 is 42.9 Å². The van der Waals surface area contributed by atoms with E-state index in [2.05, 4.69) is 55.9 Å². The molecule has 4 heterocycles. The number of hydrogen-bond acceptors (Lipinski definition) is 16. The Kier molecular flexibility index (Phi) is 20.5. The standard InChI is InChI=1S/C47H62ClN9O9S2/c1-29-31(3)67-46-42(29)43(34-10-12-35(48)13-11-34)53-38(44-56-55-33(5)57(44)46)28-41(60)50-17-16-49-39(58)14-18-62-20-22-64-24-26-66-27-25-65-23-21-63-19-15-40(59)52-37-9-7-6-8-36(37)45(61)54-47-51-30(2)32(4)68-47/h6-13,33,38,47,51,55H,14-28H2,1-5H3,(H,49,58)(H,50,60)(H,52,59)(H,54,61)/t33?,38-,47?/m0/s1. The highest BCUT2D eigenvalue weighted by Crippen LogP contribution is 2.42. The summed E-state index contributed by atoms with van der Waals surface area (Å²) in [5, 5.41) is 21.0. The third-order valence-electron chi connectivity index (χ3n) is 11.0. The van der Waals surface area contributed by atoms with Crippen molar-refractivity contribution in [2.45, 2.75) is 71.6 Å². The molecule has 0 spiro atoms. The molecule has 3 atom stereocenters. The van der Waals surface area contributed by atoms with Crippen LogP contribution in [0.1, 0.15) is 72.0 Å². The molecule has 0 fully saturated rings. The number of amides is 4. The summed E-state index contributed by atoms with van der Waals surface area (Å²) in [5.74, 6) is -0.235. The summed E-state index contributed by atoms with van der Waals surface area (Å²) in [6.45, 7) is 14.1. The third-order valence-corrected chi connectivity index (χ3v) is 13.6. The van der Waals surface area contributed by atoms with E-state index >= 15 is 0 Å². The van der Waals surface area contributed by atoms with Crippen LogP contribution in [0.5, 0.6) is 0 Å². The van der Waals surface area contributed by atoms with E-state index in [-0.39, 0.29) is 80.9 Å². The van der Waals surface area contributed by atoms with Gasteiger partial charge in [-0.2, -0.15) is 5.10 Å². The number of allylic oxidation sites excluding steroid dienone is 2. The Bertz CT molecular complexity index is 2300. The van der Waals surface area contributed by atoms with Gasteiger partial charge in [0.25, 0.3) is 5.91 Å². The molecule has 2 aromatic carbocycles. The highest BCUT2D eigenvalue weighted by Gasteiger charge is 2.39. The first-order valence-electron chi connectivity index (χ1n) is 22.7. The SMILES string of the molecule is CC1=C(C)SC(NC(=O)c2ccccc2NC(=O)CCOCCOCCOCCOCCOCCC(=O)NCCNC(=O)C[C@@H]2N=C(c3ccc(Cl)cc3)c3c(sc(C)c3C)N3C2=NNC3C)N1. The fourth-order valence-corrected chi connectivity index (χ4v) is 9.56. The molecular formula is C47H62ClN9O9S2. The number of halogens is 1. The second kappa shape index (κ2) is 26.6. The molecular weight excluding hydrogens is 934 g/mol. The molecule has 6 rings (SSSR count). The average molecular weight is 997 g/mol. The number of thiophene rings is 1. The Hall–Kier alpha value is -5.06. The number of anilines is 2. The minimum atomic E-state index is -0.536. The maximum atomic E-state index is 13.2. The van der Waals surface area contributed by atoms with Gasteiger partial charge in [0.05, 0.1) is 95.9 Å². The molecule has 0 saturated heterocycles. The molecule has 0 aliphatic carbocycles. The number of amidine groups is 1. The van der Waals surface area contributed by atoms with Gasteiger partial charge in [-0.3, -0.25) is 34.5 Å². The number of hydrazone groups is 1. The van der Waals surface area contributed by atoms with Crippen molar-refractivity contribution in [3.8, 4) is 0 Å². The van der Waals surface area contributed by atoms with E-state index in [4.69, 9.17) is 40.3 Å². The number of rotatable bonds is 27. The summed E-state index contributed by atoms with van der Waals surface area (Å²) in [5.41, 5.74) is 8.63. The number of hydrogen-bond donors (Lipinski definition) is 6. The summed E-state index contributed by atoms with van der Waals surface area (Å²) in [6.07, 6.45) is 0.282. The number of nitrogens with one attached hydrogen (secondary N) is 6. The normalized spacial score (nSPS) is 17.3. The van der Waals surface area contributed by atoms with Crippen molar-refractivity contribution in [2.75, 3.05) is 89.4 Å². The first-order valence-corrected chi connectivity index (χ1v) is 24.8. The minimum Gasteiger partial charge on any atom is -0.379 e. The number of fused-ring (bicyclic) bond motifs is 3. The van der Waals surface area contributed by atoms with Gasteiger partial charge < -0.3 is 50.3 Å². The largest absolute Gasteiger partial charge is 0.379 e. The van der Waals surface area contributed by atoms with Crippen LogP contribution < -0.4 is 36.9 Å². The summed E-state index contributed by atoms with van der Waals surface area (Å²) >= 11 is 9.45. The van der Waals surface area contributed by atoms with Crippen LogP contribution in [-0.4, -0.2) is 132 Å². The molecule has 1 aromatic heterocycles. The van der Waals surface area contributed by atoms with Crippen molar-refractivity contribution in [1.29, 1.82) is 0 Å². The van der Waals surface area contributed by atoms with Gasteiger partial charge in [0.1, 0.15) is 17.2 Å². The van der Waals surface area contributed by atoms with Crippen LogP contribution in [-0.2, 0) is 38.1 Å². The van der Waals surface area contributed by atoms with Crippen LogP contribution in [0.25, 0.3) is 0 Å². The average Bonchev–Trinajstić information content (AvgIpc) is 3.92. The maximum absolute atomic E-state index is 13.2. The van der Waals surface area contributed by atoms with E-state index < -0.39 is 6.04 Å². The second-order valence-electron chi connectivity index (χ2n) is 16.0. The van der Waals surface area contributed by atoms with Crippen LogP contribution in [0, 0.1) is 13.8 Å². The van der Waals surface area contributed by atoms with Gasteiger partial charge in [0.15, 0.2) is 11.3 Å². The Morgan fingerprint density at radius 2 is 1.35 bits per heavy atom. The summed E-state index contributed by atoms with van der Waals surface area (Å²) < 4.78 is 27.7. The molecule has 4 amide bonds. The van der Waals surface area contributed by atoms with Gasteiger partial charge in [-0.05, 0) is 64.4 Å². The molecule has 6 N–H and O–H groups in total. The Balaban J connectivity index is 0.739. The van der Waals surface area contributed by atoms with Gasteiger partial charge in [0.2, 0.25) is 17.7 Å². The molecule has 3 aromatic rings. The summed E-state index contributed by atoms with van der Waals surface area (Å²) in [6, 6.07) is 13.9. The number of benzene rings is 2. The predicted molar refractivity (Wildman–Crippen MR) is 267 cm³/mol. The van der Waals surface area contributed by atoms with Crippen LogP contribution in [0.4, 0.5) is 10.7 Å². The van der Waals surface area contributed by atoms with Crippen molar-refractivity contribution in [1.82, 2.24) is 26.7 Å². The molecule has 0 radical (unpaired) electrons. The zero-order valence-corrected chi connectivity index (χ0v) is 41.6. The third kappa shape index (κ3) is 15.2. The quantitative estimate of drug-likeness (QED) is 0.0554. The fraction of sp³-hybridized carbons (Fsp3) is 0.489. The van der Waals surface area contributed by atoms with Crippen LogP contribution >= 0.6 is 34.7 Å². The Morgan fingerprint density at radius 3 is 1.97 bits per heavy atom. The number of carbonyl (C=O) groups is 4. The van der Waals surface area contributed by atoms with Crippen LogP contribution in [0.15, 0.2) is 69.2 Å². The number of aliphatic imine (C=N–C) groups is 1. The van der Waals surface area contributed by atoms with E-state index in [1.54, 1.807) is 35.6 Å². The molecule has 0 bridgehead atoms. The lowest BCUT2D eigenvalue weighted by atomic mass is 9.99. The molecule has 3 aliphatic heterocycles. The van der Waals surface area contributed by atoms with Gasteiger partial charge in [-0.25, -0.2) is 0 Å². The fourth-order valence-electron chi connectivity index (χ4n) is 7.19. The van der Waals surface area contributed by atoms with Gasteiger partial charge in [-0.15, -0.1) is 11.3 Å². The van der Waals surface area contributed by atoms with Gasteiger partial charge in [0, 0.05) is 51.1 Å². The first-order chi connectivity index (χ1) is 32.9. The lowest BCUT2D eigenvalue weighted by Gasteiger charge is -2.24. The summed E-state index contributed by atoms with van der Waals surface area (Å²) in [7, 11) is 0. The van der Waals surface area contributed by atoms with Crippen LogP contribution in [0.3, 0.4) is 0 Å². The first kappa shape index (κ1) is 52.3. The van der Waals surface area contributed by atoms with Crippen LogP contribution in [0.2, 0.25) is 5.02 Å². The zero-order valence-electron chi connectivity index (χ0n) is 39.2. The van der Waals surface area contributed by atoms with Crippen molar-refractivity contribution >= 4 is 80.6 Å². The number of nitrogens with zero attached hydrogens (tertiary/aromatic N) is 3. The molecule has 18 nitrogen and oxygen atoms in total. The number of para-hydroxylation sites is 1. The lowest BCUT2D eigenvalue weighted by Crippen LogP contribution is -2.43. The van der Waals surface area contributed by atoms with E-state index in [0.29, 0.717) is 75.0 Å². The van der Waals surface area contributed by atoms with E-state index in [9.17, 15) is 19.2 Å². The van der Waals surface area contributed by atoms with Crippen molar-refractivity contribution in [3.05, 3.63) is 91.3 Å². The Labute approximate surface area is 410 Å². The maximum Gasteiger partial charge on any atom is 0.255 e. The number of ether oxygens (including phenoxy) is 5. The van der Waals surface area contributed by atoms with Gasteiger partial charge >= 0.3 is 0 Å². The number of carbonyl (C=O) groups excluding carboxylic acids is 4. The number of aryl methyl sites for hydroxylation is 1. The highest BCUT2D eigenvalue weighted by atomic mass is 35.5. The topological polar surface area (TPSA) is 215 Å². The molecule has 368 valence electrons. The Morgan fingerprint density at radius 1 is 0.765 bits per heavy atom. The summed E-state index contributed by atoms with van der Waals surface area (Å²) in [4.78, 5) is 60.6. The zero-order chi connectivity index (χ0) is 48.4. The van der Waals surface area contributed by atoms with Crippen molar-refractivity contribution in [3.63, 3.8) is 0 Å². The van der Waals surface area contributed by atoms with Crippen molar-refractivity contribution in [2.24, 2.45) is 10.1 Å². The molecule has 0 saturated carbocycles. The monoisotopic (exact) mass is 995 g/mol. The molecule has 2 unspecified atom stereocenters. The molecule has 3 aliphatic rings. The molecule has 68 heavy (non-hydrogen) atoms. The minimum absolute atomic E-state index is 0.0828. The van der Waals surface area contributed by atoms with E-state index in [0.717, 1.165) is 38.0 Å². The highest BCUT2D eigenvalue weighted by molar-refractivity contribution is 8.03. The van der Waals surface area contributed by atoms with E-state index in [1.807, 2.05) is 45.0 Å². The molecule has 21 heteroatoms. The lowest BCUT2D eigenvalue weighted by molar-refractivity contribution is -0.123. The smallest absolute Gasteiger partial charge is 0.255 e. The van der Waals surface area contributed by atoms with E-state index in [1.165, 1.54) is 16.6 Å². The van der Waals surface area contributed by atoms with Gasteiger partial charge in [-0.1, -0.05) is 47.6 Å². The predicted octanol–water partition coefficient (Wildman–Crippen LogP) is 5.03.